The molecule has 0 radical (unpaired) electrons. The van der Waals surface area contributed by atoms with Gasteiger partial charge in [0, 0.05) is 6.54 Å². The molecule has 0 rings (SSSR count). The quantitative estimate of drug-likeness (QED) is 0.736. The Bertz CT molecular complexity index is 244. The number of hydrogen-bond donors (Lipinski definition) is 2. The van der Waals surface area contributed by atoms with Crippen LogP contribution in [0.3, 0.4) is 0 Å². The standard InChI is InChI=1S/C10H19F3N2O2/c1-7(2)5-8(14)9(17)15(3-4-16)6-10(11,12)13/h7-8,16H,3-6,14H2,1-2H3. The van der Waals surface area contributed by atoms with Gasteiger partial charge in [-0.3, -0.25) is 4.79 Å². The minimum absolute atomic E-state index is 0.121. The van der Waals surface area contributed by atoms with E-state index in [1.165, 1.54) is 0 Å². The summed E-state index contributed by atoms with van der Waals surface area (Å²) in [5.74, 6) is -0.652. The first-order valence-electron chi connectivity index (χ1n) is 5.39. The summed E-state index contributed by atoms with van der Waals surface area (Å²) in [6, 6.07) is -0.955. The van der Waals surface area contributed by atoms with Crippen molar-refractivity contribution in [2.24, 2.45) is 11.7 Å². The van der Waals surface area contributed by atoms with E-state index in [1.54, 1.807) is 0 Å². The molecule has 0 bridgehead atoms. The molecule has 0 aliphatic rings. The lowest BCUT2D eigenvalue weighted by Gasteiger charge is -2.26. The van der Waals surface area contributed by atoms with Crippen LogP contribution in [-0.4, -0.2) is 47.8 Å². The normalized spacial score (nSPS) is 13.9. The number of carbonyl (C=O) groups is 1. The first kappa shape index (κ1) is 16.2. The summed E-state index contributed by atoms with van der Waals surface area (Å²) in [4.78, 5) is 12.2. The van der Waals surface area contributed by atoms with Gasteiger partial charge in [0.2, 0.25) is 5.91 Å². The number of carbonyl (C=O) groups excluding carboxylic acids is 1. The maximum atomic E-state index is 12.2. The third kappa shape index (κ3) is 7.17. The zero-order valence-corrected chi connectivity index (χ0v) is 10.00. The van der Waals surface area contributed by atoms with Crippen LogP contribution in [0, 0.1) is 5.92 Å². The molecule has 0 aromatic heterocycles. The van der Waals surface area contributed by atoms with Gasteiger partial charge in [-0.1, -0.05) is 13.8 Å². The molecule has 0 heterocycles. The summed E-state index contributed by atoms with van der Waals surface area (Å²) in [7, 11) is 0. The lowest BCUT2D eigenvalue weighted by Crippen LogP contribution is -2.48. The molecule has 1 atom stereocenters. The smallest absolute Gasteiger partial charge is 0.395 e. The van der Waals surface area contributed by atoms with Gasteiger partial charge in [-0.15, -0.1) is 0 Å². The molecule has 102 valence electrons. The van der Waals surface area contributed by atoms with Gasteiger partial charge in [0.15, 0.2) is 0 Å². The predicted molar refractivity (Wildman–Crippen MR) is 57.2 cm³/mol. The van der Waals surface area contributed by atoms with Gasteiger partial charge < -0.3 is 15.7 Å². The van der Waals surface area contributed by atoms with Crippen molar-refractivity contribution in [1.82, 2.24) is 4.90 Å². The largest absolute Gasteiger partial charge is 0.406 e. The molecule has 0 fully saturated rings. The van der Waals surface area contributed by atoms with Crippen molar-refractivity contribution < 1.29 is 23.1 Å². The third-order valence-electron chi connectivity index (χ3n) is 2.09. The SMILES string of the molecule is CC(C)CC(N)C(=O)N(CCO)CC(F)(F)F. The van der Waals surface area contributed by atoms with Crippen LogP contribution < -0.4 is 5.73 Å². The molecule has 0 aliphatic heterocycles. The van der Waals surface area contributed by atoms with Gasteiger partial charge in [-0.2, -0.15) is 13.2 Å². The molecule has 1 unspecified atom stereocenters. The highest BCUT2D eigenvalue weighted by Crippen LogP contribution is 2.17. The second-order valence-corrected chi connectivity index (χ2v) is 4.33. The molecule has 0 saturated heterocycles. The number of alkyl halides is 3. The Hall–Kier alpha value is -0.820. The number of amides is 1. The van der Waals surface area contributed by atoms with Gasteiger partial charge in [0.05, 0.1) is 12.6 Å². The van der Waals surface area contributed by atoms with E-state index in [0.717, 1.165) is 0 Å². The summed E-state index contributed by atoms with van der Waals surface area (Å²) >= 11 is 0. The summed E-state index contributed by atoms with van der Waals surface area (Å²) in [5, 5.41) is 8.64. The van der Waals surface area contributed by atoms with E-state index in [-0.39, 0.29) is 12.5 Å². The molecule has 0 saturated carbocycles. The average molecular weight is 256 g/mol. The maximum Gasteiger partial charge on any atom is 0.406 e. The van der Waals surface area contributed by atoms with Crippen molar-refractivity contribution in [3.8, 4) is 0 Å². The van der Waals surface area contributed by atoms with Gasteiger partial charge >= 0.3 is 6.18 Å². The molecule has 0 aliphatic carbocycles. The molecule has 4 nitrogen and oxygen atoms in total. The molecule has 7 heteroatoms. The highest BCUT2D eigenvalue weighted by molar-refractivity contribution is 5.81. The van der Waals surface area contributed by atoms with Crippen molar-refractivity contribution in [2.75, 3.05) is 19.7 Å². The Morgan fingerprint density at radius 1 is 1.41 bits per heavy atom. The Labute approximate surface area is 98.6 Å². The highest BCUT2D eigenvalue weighted by Gasteiger charge is 2.34. The summed E-state index contributed by atoms with van der Waals surface area (Å²) in [6.07, 6.45) is -4.17. The fourth-order valence-corrected chi connectivity index (χ4v) is 1.45. The lowest BCUT2D eigenvalue weighted by atomic mass is 10.0. The Morgan fingerprint density at radius 3 is 2.29 bits per heavy atom. The number of aliphatic hydroxyl groups is 1. The van der Waals surface area contributed by atoms with Crippen LogP contribution in [0.25, 0.3) is 0 Å². The first-order chi connectivity index (χ1) is 7.67. The lowest BCUT2D eigenvalue weighted by molar-refractivity contribution is -0.163. The molecule has 0 spiro atoms. The molecule has 3 N–H and O–H groups in total. The van der Waals surface area contributed by atoms with Crippen LogP contribution in [0.1, 0.15) is 20.3 Å². The van der Waals surface area contributed by atoms with Gasteiger partial charge in [0.25, 0.3) is 0 Å². The Balaban J connectivity index is 4.53. The van der Waals surface area contributed by atoms with Crippen LogP contribution in [-0.2, 0) is 4.79 Å². The summed E-state index contributed by atoms with van der Waals surface area (Å²) < 4.78 is 36.6. The van der Waals surface area contributed by atoms with Crippen LogP contribution in [0.5, 0.6) is 0 Å². The molecule has 1 amide bonds. The number of hydrogen-bond acceptors (Lipinski definition) is 3. The average Bonchev–Trinajstić information content (AvgIpc) is 2.12. The van der Waals surface area contributed by atoms with E-state index in [4.69, 9.17) is 10.8 Å². The van der Waals surface area contributed by atoms with E-state index >= 15 is 0 Å². The second-order valence-electron chi connectivity index (χ2n) is 4.33. The van der Waals surface area contributed by atoms with Crippen LogP contribution in [0.2, 0.25) is 0 Å². The minimum Gasteiger partial charge on any atom is -0.395 e. The summed E-state index contributed by atoms with van der Waals surface area (Å²) in [5.41, 5.74) is 5.53. The summed E-state index contributed by atoms with van der Waals surface area (Å²) in [6.45, 7) is 1.40. The molecule has 17 heavy (non-hydrogen) atoms. The van der Waals surface area contributed by atoms with Gasteiger partial charge in [-0.25, -0.2) is 0 Å². The van der Waals surface area contributed by atoms with Crippen molar-refractivity contribution in [3.05, 3.63) is 0 Å². The van der Waals surface area contributed by atoms with Crippen LogP contribution in [0.4, 0.5) is 13.2 Å². The zero-order chi connectivity index (χ0) is 13.6. The highest BCUT2D eigenvalue weighted by atomic mass is 19.4. The predicted octanol–water partition coefficient (Wildman–Crippen LogP) is 0.743. The van der Waals surface area contributed by atoms with Crippen molar-refractivity contribution >= 4 is 5.91 Å². The molecular formula is C10H19F3N2O2. The van der Waals surface area contributed by atoms with Crippen molar-refractivity contribution in [1.29, 1.82) is 0 Å². The van der Waals surface area contributed by atoms with Crippen LogP contribution >= 0.6 is 0 Å². The maximum absolute atomic E-state index is 12.2. The van der Waals surface area contributed by atoms with Crippen molar-refractivity contribution in [2.45, 2.75) is 32.5 Å². The van der Waals surface area contributed by atoms with Gasteiger partial charge in [-0.05, 0) is 12.3 Å². The Morgan fingerprint density at radius 2 is 1.94 bits per heavy atom. The number of nitrogens with two attached hydrogens (primary N) is 1. The number of nitrogens with zero attached hydrogens (tertiary/aromatic N) is 1. The van der Waals surface area contributed by atoms with Crippen LogP contribution in [0.15, 0.2) is 0 Å². The van der Waals surface area contributed by atoms with E-state index in [1.807, 2.05) is 13.8 Å². The second kappa shape index (κ2) is 6.80. The van der Waals surface area contributed by atoms with Crippen molar-refractivity contribution in [3.63, 3.8) is 0 Å². The molecular weight excluding hydrogens is 237 g/mol. The Kier molecular flexibility index (Phi) is 6.48. The van der Waals surface area contributed by atoms with E-state index in [9.17, 15) is 18.0 Å². The van der Waals surface area contributed by atoms with E-state index in [2.05, 4.69) is 0 Å². The van der Waals surface area contributed by atoms with E-state index < -0.39 is 31.3 Å². The minimum atomic E-state index is -4.48. The topological polar surface area (TPSA) is 66.6 Å². The van der Waals surface area contributed by atoms with E-state index in [0.29, 0.717) is 11.3 Å². The fourth-order valence-electron chi connectivity index (χ4n) is 1.45. The molecule has 0 aromatic rings. The number of aliphatic hydroxyl groups excluding tert-OH is 1. The molecule has 0 aromatic carbocycles. The zero-order valence-electron chi connectivity index (χ0n) is 10.00. The third-order valence-corrected chi connectivity index (χ3v) is 2.09. The number of rotatable bonds is 6. The monoisotopic (exact) mass is 256 g/mol. The fraction of sp³-hybridized carbons (Fsp3) is 0.900. The number of halogens is 3. The first-order valence-corrected chi connectivity index (χ1v) is 5.39. The van der Waals surface area contributed by atoms with Gasteiger partial charge in [0.1, 0.15) is 6.54 Å².